The van der Waals surface area contributed by atoms with E-state index in [-0.39, 0.29) is 6.04 Å². The van der Waals surface area contributed by atoms with Crippen LogP contribution in [0.1, 0.15) is 30.2 Å². The summed E-state index contributed by atoms with van der Waals surface area (Å²) < 4.78 is 5.71. The third kappa shape index (κ3) is 3.42. The summed E-state index contributed by atoms with van der Waals surface area (Å²) in [5.74, 6) is 1.85. The molecule has 0 aliphatic carbocycles. The highest BCUT2D eigenvalue weighted by Crippen LogP contribution is 2.33. The molecule has 0 aromatic carbocycles. The van der Waals surface area contributed by atoms with Crippen LogP contribution in [0.25, 0.3) is 10.2 Å². The molecule has 0 saturated carbocycles. The highest BCUT2D eigenvalue weighted by molar-refractivity contribution is 7.16. The van der Waals surface area contributed by atoms with Gasteiger partial charge in [0.15, 0.2) is 0 Å². The molecule has 0 radical (unpaired) electrons. The Morgan fingerprint density at radius 1 is 1.32 bits per heavy atom. The zero-order valence-electron chi connectivity index (χ0n) is 14.1. The normalized spacial score (nSPS) is 19.4. The van der Waals surface area contributed by atoms with Crippen LogP contribution in [0.3, 0.4) is 0 Å². The Bertz CT molecular complexity index is 834. The van der Waals surface area contributed by atoms with E-state index in [0.717, 1.165) is 39.7 Å². The van der Waals surface area contributed by atoms with Crippen molar-refractivity contribution in [2.24, 2.45) is 0 Å². The molecule has 25 heavy (non-hydrogen) atoms. The molecule has 1 aliphatic rings. The molecule has 2 atom stereocenters. The highest BCUT2D eigenvalue weighted by atomic mass is 32.1. The Morgan fingerprint density at radius 2 is 2.24 bits per heavy atom. The van der Waals surface area contributed by atoms with Crippen LogP contribution in [0.15, 0.2) is 29.0 Å². The van der Waals surface area contributed by atoms with Gasteiger partial charge in [0.1, 0.15) is 16.5 Å². The minimum absolute atomic E-state index is 0.105. The van der Waals surface area contributed by atoms with Gasteiger partial charge in [-0.3, -0.25) is 0 Å². The summed E-state index contributed by atoms with van der Waals surface area (Å²) in [6, 6.07) is 6.16. The lowest BCUT2D eigenvalue weighted by Gasteiger charge is -2.37. The number of anilines is 1. The average molecular weight is 376 g/mol. The first-order valence-electron chi connectivity index (χ1n) is 8.56. The van der Waals surface area contributed by atoms with Crippen LogP contribution in [0, 0.1) is 0 Å². The van der Waals surface area contributed by atoms with Crippen LogP contribution in [0.5, 0.6) is 0 Å². The molecule has 7 heteroatoms. The van der Waals surface area contributed by atoms with E-state index < -0.39 is 6.10 Å². The van der Waals surface area contributed by atoms with Crippen LogP contribution in [0.4, 0.5) is 5.82 Å². The molecule has 2 unspecified atom stereocenters. The van der Waals surface area contributed by atoms with Crippen molar-refractivity contribution >= 4 is 38.7 Å². The van der Waals surface area contributed by atoms with Crippen molar-refractivity contribution in [3.63, 3.8) is 0 Å². The Kier molecular flexibility index (Phi) is 4.98. The van der Waals surface area contributed by atoms with Gasteiger partial charge in [0.05, 0.1) is 30.7 Å². The highest BCUT2D eigenvalue weighted by Gasteiger charge is 2.29. The minimum atomic E-state index is -0.473. The third-order valence-electron chi connectivity index (χ3n) is 4.53. The summed E-state index contributed by atoms with van der Waals surface area (Å²) in [5, 5.41) is 15.8. The molecule has 1 fully saturated rings. The van der Waals surface area contributed by atoms with Gasteiger partial charge in [0, 0.05) is 24.3 Å². The molecule has 0 spiro atoms. The summed E-state index contributed by atoms with van der Waals surface area (Å²) in [7, 11) is 0. The summed E-state index contributed by atoms with van der Waals surface area (Å²) >= 11 is 3.24. The quantitative estimate of drug-likeness (QED) is 0.738. The monoisotopic (exact) mass is 375 g/mol. The van der Waals surface area contributed by atoms with Crippen molar-refractivity contribution in [3.05, 3.63) is 39.7 Å². The third-order valence-corrected chi connectivity index (χ3v) is 6.31. The van der Waals surface area contributed by atoms with Crippen LogP contribution in [-0.4, -0.2) is 40.9 Å². The van der Waals surface area contributed by atoms with Crippen LogP contribution in [0.2, 0.25) is 0 Å². The van der Waals surface area contributed by atoms with Gasteiger partial charge in [0.25, 0.3) is 0 Å². The van der Waals surface area contributed by atoms with E-state index in [4.69, 9.17) is 9.72 Å². The summed E-state index contributed by atoms with van der Waals surface area (Å²) in [6.45, 7) is 4.16. The number of aliphatic hydroxyl groups excluding tert-OH is 1. The van der Waals surface area contributed by atoms with Gasteiger partial charge < -0.3 is 14.7 Å². The van der Waals surface area contributed by atoms with Crippen molar-refractivity contribution in [1.29, 1.82) is 0 Å². The average Bonchev–Trinajstić information content (AvgIpc) is 3.33. The van der Waals surface area contributed by atoms with Crippen LogP contribution >= 0.6 is 22.7 Å². The number of hydrogen-bond donors (Lipinski definition) is 1. The number of aliphatic hydroxyl groups is 1. The van der Waals surface area contributed by atoms with Crippen molar-refractivity contribution in [2.75, 3.05) is 24.7 Å². The Balaban J connectivity index is 1.66. The number of thiophene rings is 2. The van der Waals surface area contributed by atoms with Gasteiger partial charge in [-0.2, -0.15) is 0 Å². The van der Waals surface area contributed by atoms with E-state index in [2.05, 4.69) is 28.3 Å². The van der Waals surface area contributed by atoms with Crippen molar-refractivity contribution in [1.82, 2.24) is 9.97 Å². The van der Waals surface area contributed by atoms with E-state index in [0.29, 0.717) is 19.6 Å². The number of fused-ring (bicyclic) bond motifs is 1. The summed E-state index contributed by atoms with van der Waals surface area (Å²) in [6.07, 6.45) is 0.977. The number of hydrogen-bond acceptors (Lipinski definition) is 7. The fourth-order valence-corrected chi connectivity index (χ4v) is 4.75. The second-order valence-electron chi connectivity index (χ2n) is 6.15. The molecular formula is C18H21N3O2S2. The fraction of sp³-hybridized carbons (Fsp3) is 0.444. The molecule has 3 aromatic heterocycles. The van der Waals surface area contributed by atoms with E-state index >= 15 is 0 Å². The summed E-state index contributed by atoms with van der Waals surface area (Å²) in [5.41, 5.74) is 0. The van der Waals surface area contributed by atoms with Crippen molar-refractivity contribution in [2.45, 2.75) is 31.9 Å². The molecule has 4 rings (SSSR count). The molecule has 0 amide bonds. The molecule has 1 saturated heterocycles. The molecular weight excluding hydrogens is 354 g/mol. The zero-order chi connectivity index (χ0) is 17.2. The fourth-order valence-electron chi connectivity index (χ4n) is 3.24. The lowest BCUT2D eigenvalue weighted by molar-refractivity contribution is 0.0685. The van der Waals surface area contributed by atoms with Crippen LogP contribution < -0.4 is 4.90 Å². The standard InChI is InChI=1S/C18H21N3O2S2/c1-2-16-19-17(13-5-9-25-18(13)20-16)21-6-7-23-11-12(21)10-14(22)15-4-3-8-24-15/h3-5,8-9,12,14,22H,2,6-7,10-11H2,1H3. The zero-order valence-corrected chi connectivity index (χ0v) is 15.7. The Labute approximate surface area is 154 Å². The van der Waals surface area contributed by atoms with E-state index in [1.807, 2.05) is 17.5 Å². The van der Waals surface area contributed by atoms with Crippen molar-refractivity contribution in [3.8, 4) is 0 Å². The molecule has 5 nitrogen and oxygen atoms in total. The Hall–Kier alpha value is -1.54. The lowest BCUT2D eigenvalue weighted by Crippen LogP contribution is -2.46. The smallest absolute Gasteiger partial charge is 0.141 e. The molecule has 3 aromatic rings. The maximum atomic E-state index is 10.6. The SMILES string of the molecule is CCc1nc(N2CCOCC2CC(O)c2cccs2)c2ccsc2n1. The number of nitrogens with zero attached hydrogens (tertiary/aromatic N) is 3. The number of aromatic nitrogens is 2. The first kappa shape index (κ1) is 16.9. The van der Waals surface area contributed by atoms with Gasteiger partial charge in [-0.15, -0.1) is 22.7 Å². The van der Waals surface area contributed by atoms with Gasteiger partial charge in [-0.25, -0.2) is 9.97 Å². The predicted molar refractivity (Wildman–Crippen MR) is 103 cm³/mol. The Morgan fingerprint density at radius 3 is 3.04 bits per heavy atom. The first-order valence-corrected chi connectivity index (χ1v) is 10.3. The van der Waals surface area contributed by atoms with E-state index in [9.17, 15) is 5.11 Å². The number of morpholine rings is 1. The lowest BCUT2D eigenvalue weighted by atomic mass is 10.1. The molecule has 132 valence electrons. The largest absolute Gasteiger partial charge is 0.387 e. The molecule has 4 heterocycles. The minimum Gasteiger partial charge on any atom is -0.387 e. The number of aryl methyl sites for hydroxylation is 1. The molecule has 0 bridgehead atoms. The van der Waals surface area contributed by atoms with Gasteiger partial charge >= 0.3 is 0 Å². The second kappa shape index (κ2) is 7.37. The van der Waals surface area contributed by atoms with Gasteiger partial charge in [-0.1, -0.05) is 13.0 Å². The van der Waals surface area contributed by atoms with Crippen molar-refractivity contribution < 1.29 is 9.84 Å². The number of rotatable bonds is 5. The van der Waals surface area contributed by atoms with Gasteiger partial charge in [0.2, 0.25) is 0 Å². The maximum Gasteiger partial charge on any atom is 0.141 e. The summed E-state index contributed by atoms with van der Waals surface area (Å²) in [4.78, 5) is 13.8. The maximum absolute atomic E-state index is 10.6. The van der Waals surface area contributed by atoms with Crippen LogP contribution in [-0.2, 0) is 11.2 Å². The second-order valence-corrected chi connectivity index (χ2v) is 8.02. The number of ether oxygens (including phenoxy) is 1. The predicted octanol–water partition coefficient (Wildman–Crippen LogP) is 3.64. The first-order chi connectivity index (χ1) is 12.3. The van der Waals surface area contributed by atoms with E-state index in [1.165, 1.54) is 0 Å². The topological polar surface area (TPSA) is 58.5 Å². The van der Waals surface area contributed by atoms with E-state index in [1.54, 1.807) is 22.7 Å². The molecule has 1 aliphatic heterocycles. The molecule has 1 N–H and O–H groups in total. The van der Waals surface area contributed by atoms with Gasteiger partial charge in [-0.05, 0) is 22.9 Å².